The van der Waals surface area contributed by atoms with Gasteiger partial charge < -0.3 is 4.90 Å². The van der Waals surface area contributed by atoms with E-state index in [0.29, 0.717) is 17.3 Å². The van der Waals surface area contributed by atoms with Crippen LogP contribution in [-0.2, 0) is 10.0 Å². The molecule has 2 heterocycles. The zero-order valence-electron chi connectivity index (χ0n) is 15.3. The van der Waals surface area contributed by atoms with E-state index < -0.39 is 26.6 Å². The molecule has 0 spiro atoms. The van der Waals surface area contributed by atoms with Crippen molar-refractivity contribution in [3.05, 3.63) is 66.2 Å². The number of nitrogens with zero attached hydrogens (tertiary/aromatic N) is 3. The molecule has 0 aliphatic carbocycles. The number of hydrogen-bond donors (Lipinski definition) is 1. The van der Waals surface area contributed by atoms with Crippen LogP contribution in [-0.4, -0.2) is 31.7 Å². The van der Waals surface area contributed by atoms with E-state index in [9.17, 15) is 17.2 Å². The topological polar surface area (TPSA) is 75.2 Å². The Morgan fingerprint density at radius 2 is 1.72 bits per heavy atom. The number of sulfonamides is 1. The van der Waals surface area contributed by atoms with Gasteiger partial charge in [-0.15, -0.1) is 10.2 Å². The van der Waals surface area contributed by atoms with Crippen LogP contribution in [0.2, 0.25) is 0 Å². The average molecular weight is 416 g/mol. The maximum absolute atomic E-state index is 13.9. The van der Waals surface area contributed by atoms with E-state index in [0.717, 1.165) is 43.9 Å². The van der Waals surface area contributed by atoms with Crippen molar-refractivity contribution in [2.45, 2.75) is 17.7 Å². The Labute approximate surface area is 167 Å². The second-order valence-electron chi connectivity index (χ2n) is 6.73. The van der Waals surface area contributed by atoms with Crippen LogP contribution < -0.4 is 9.62 Å². The predicted octanol–water partition coefficient (Wildman–Crippen LogP) is 3.82. The summed E-state index contributed by atoms with van der Waals surface area (Å²) in [5, 5.41) is 8.50. The summed E-state index contributed by atoms with van der Waals surface area (Å²) in [4.78, 5) is 1.54. The highest BCUT2D eigenvalue weighted by Crippen LogP contribution is 2.25. The highest BCUT2D eigenvalue weighted by atomic mass is 32.2. The molecule has 1 fully saturated rings. The number of aromatic nitrogens is 2. The molecular formula is C20H18F2N4O2S. The maximum atomic E-state index is 13.9. The van der Waals surface area contributed by atoms with Gasteiger partial charge in [-0.05, 0) is 49.2 Å². The molecule has 1 aromatic heterocycles. The highest BCUT2D eigenvalue weighted by Gasteiger charge is 2.20. The number of anilines is 2. The minimum Gasteiger partial charge on any atom is -0.355 e. The zero-order chi connectivity index (χ0) is 20.4. The Balaban J connectivity index is 1.57. The van der Waals surface area contributed by atoms with E-state index in [2.05, 4.69) is 19.8 Å². The van der Waals surface area contributed by atoms with E-state index in [1.807, 2.05) is 12.1 Å². The van der Waals surface area contributed by atoms with Crippen LogP contribution in [0.25, 0.3) is 11.3 Å². The summed E-state index contributed by atoms with van der Waals surface area (Å²) >= 11 is 0. The van der Waals surface area contributed by atoms with Gasteiger partial charge in [-0.2, -0.15) is 0 Å². The van der Waals surface area contributed by atoms with Crippen LogP contribution in [0.15, 0.2) is 59.5 Å². The van der Waals surface area contributed by atoms with Crippen LogP contribution in [0, 0.1) is 11.6 Å². The van der Waals surface area contributed by atoms with Gasteiger partial charge in [0.25, 0.3) is 10.0 Å². The standard InChI is InChI=1S/C20H18F2N4O2S/c21-15-6-8-19(17(22)13-15)29(27,28)25-16-5-3-4-14(12-16)18-7-9-20(24-23-18)26-10-1-2-11-26/h3-9,12-13,25H,1-2,10-11H2. The van der Waals surface area contributed by atoms with E-state index in [-0.39, 0.29) is 5.69 Å². The van der Waals surface area contributed by atoms with Crippen LogP contribution in [0.1, 0.15) is 12.8 Å². The first-order valence-corrected chi connectivity index (χ1v) is 10.6. The van der Waals surface area contributed by atoms with Crippen LogP contribution in [0.4, 0.5) is 20.3 Å². The molecule has 1 N–H and O–H groups in total. The Morgan fingerprint density at radius 1 is 0.931 bits per heavy atom. The molecule has 2 aromatic carbocycles. The quantitative estimate of drug-likeness (QED) is 0.684. The van der Waals surface area contributed by atoms with Gasteiger partial charge in [0, 0.05) is 30.4 Å². The molecule has 1 aliphatic heterocycles. The fraction of sp³-hybridized carbons (Fsp3) is 0.200. The van der Waals surface area contributed by atoms with Gasteiger partial charge in [-0.25, -0.2) is 17.2 Å². The molecule has 150 valence electrons. The summed E-state index contributed by atoms with van der Waals surface area (Å²) in [6.45, 7) is 1.93. The second kappa shape index (κ2) is 7.75. The van der Waals surface area contributed by atoms with Gasteiger partial charge in [0.1, 0.15) is 16.5 Å². The molecule has 1 saturated heterocycles. The van der Waals surface area contributed by atoms with Crippen LogP contribution >= 0.6 is 0 Å². The van der Waals surface area contributed by atoms with Gasteiger partial charge in [0.2, 0.25) is 0 Å². The molecular weight excluding hydrogens is 398 g/mol. The zero-order valence-corrected chi connectivity index (χ0v) is 16.2. The normalized spacial score (nSPS) is 14.2. The third-order valence-electron chi connectivity index (χ3n) is 4.67. The lowest BCUT2D eigenvalue weighted by Gasteiger charge is -2.15. The fourth-order valence-corrected chi connectivity index (χ4v) is 4.35. The maximum Gasteiger partial charge on any atom is 0.264 e. The number of benzene rings is 2. The second-order valence-corrected chi connectivity index (χ2v) is 8.38. The first-order chi connectivity index (χ1) is 13.9. The minimum atomic E-state index is -4.21. The van der Waals surface area contributed by atoms with Crippen molar-refractivity contribution < 1.29 is 17.2 Å². The predicted molar refractivity (Wildman–Crippen MR) is 106 cm³/mol. The highest BCUT2D eigenvalue weighted by molar-refractivity contribution is 7.92. The first-order valence-electron chi connectivity index (χ1n) is 9.09. The van der Waals surface area contributed by atoms with E-state index in [1.54, 1.807) is 18.2 Å². The van der Waals surface area contributed by atoms with Gasteiger partial charge in [0.05, 0.1) is 5.69 Å². The molecule has 4 rings (SSSR count). The molecule has 0 radical (unpaired) electrons. The molecule has 29 heavy (non-hydrogen) atoms. The van der Waals surface area contributed by atoms with Crippen molar-refractivity contribution in [3.8, 4) is 11.3 Å². The van der Waals surface area contributed by atoms with Gasteiger partial charge in [-0.3, -0.25) is 4.72 Å². The Morgan fingerprint density at radius 3 is 2.41 bits per heavy atom. The summed E-state index contributed by atoms with van der Waals surface area (Å²) in [5.41, 5.74) is 1.48. The van der Waals surface area contributed by atoms with Crippen molar-refractivity contribution in [1.29, 1.82) is 0 Å². The molecule has 6 nitrogen and oxygen atoms in total. The van der Waals surface area contributed by atoms with Gasteiger partial charge in [0.15, 0.2) is 5.82 Å². The van der Waals surface area contributed by atoms with E-state index in [1.165, 1.54) is 6.07 Å². The minimum absolute atomic E-state index is 0.233. The molecule has 0 bridgehead atoms. The van der Waals surface area contributed by atoms with E-state index >= 15 is 0 Å². The summed E-state index contributed by atoms with van der Waals surface area (Å²) in [6.07, 6.45) is 2.28. The number of nitrogens with one attached hydrogen (secondary N) is 1. The molecule has 1 aliphatic rings. The van der Waals surface area contributed by atoms with Crippen LogP contribution in [0.3, 0.4) is 0 Å². The van der Waals surface area contributed by atoms with Crippen molar-refractivity contribution in [2.75, 3.05) is 22.7 Å². The third-order valence-corrected chi connectivity index (χ3v) is 6.09. The van der Waals surface area contributed by atoms with Gasteiger partial charge >= 0.3 is 0 Å². The summed E-state index contributed by atoms with van der Waals surface area (Å²) < 4.78 is 54.2. The SMILES string of the molecule is O=S(=O)(Nc1cccc(-c2ccc(N3CCCC3)nn2)c1)c1ccc(F)cc1F. The lowest BCUT2D eigenvalue weighted by Crippen LogP contribution is -2.19. The van der Waals surface area contributed by atoms with Crippen LogP contribution in [0.5, 0.6) is 0 Å². The largest absolute Gasteiger partial charge is 0.355 e. The van der Waals surface area contributed by atoms with Gasteiger partial charge in [-0.1, -0.05) is 12.1 Å². The average Bonchev–Trinajstić information content (AvgIpc) is 3.22. The smallest absolute Gasteiger partial charge is 0.264 e. The van der Waals surface area contributed by atoms with Crippen molar-refractivity contribution in [2.24, 2.45) is 0 Å². The number of halogens is 2. The van der Waals surface area contributed by atoms with Crippen molar-refractivity contribution >= 4 is 21.5 Å². The number of hydrogen-bond acceptors (Lipinski definition) is 5. The van der Waals surface area contributed by atoms with E-state index in [4.69, 9.17) is 0 Å². The lowest BCUT2D eigenvalue weighted by molar-refractivity contribution is 0.551. The molecule has 0 atom stereocenters. The summed E-state index contributed by atoms with van der Waals surface area (Å²) in [7, 11) is -4.21. The third kappa shape index (κ3) is 4.19. The Hall–Kier alpha value is -3.07. The summed E-state index contributed by atoms with van der Waals surface area (Å²) in [6, 6.07) is 12.6. The molecule has 0 amide bonds. The lowest BCUT2D eigenvalue weighted by atomic mass is 10.1. The molecule has 0 saturated carbocycles. The number of rotatable bonds is 5. The first kappa shape index (κ1) is 19.3. The Bertz CT molecular complexity index is 1130. The molecule has 9 heteroatoms. The van der Waals surface area contributed by atoms with Crippen molar-refractivity contribution in [3.63, 3.8) is 0 Å². The molecule has 3 aromatic rings. The summed E-state index contributed by atoms with van der Waals surface area (Å²) in [5.74, 6) is -1.19. The van der Waals surface area contributed by atoms with Crippen molar-refractivity contribution in [1.82, 2.24) is 10.2 Å². The Kier molecular flexibility index (Phi) is 5.14. The fourth-order valence-electron chi connectivity index (χ4n) is 3.24. The monoisotopic (exact) mass is 416 g/mol. The molecule has 0 unspecified atom stereocenters.